The summed E-state index contributed by atoms with van der Waals surface area (Å²) in [7, 11) is 5.66. The lowest BCUT2D eigenvalue weighted by Gasteiger charge is -2.42. The van der Waals surface area contributed by atoms with Gasteiger partial charge >= 0.3 is 24.1 Å². The molecular weight excluding hydrogens is 1030 g/mol. The molecule has 0 saturated carbocycles. The molecule has 4 aliphatic rings. The van der Waals surface area contributed by atoms with Crippen molar-refractivity contribution in [3.63, 3.8) is 0 Å². The Kier molecular flexibility index (Phi) is 21.1. The zero-order valence-corrected chi connectivity index (χ0v) is 46.0. The highest BCUT2D eigenvalue weighted by atomic mass is 35.5. The van der Waals surface area contributed by atoms with Gasteiger partial charge in [0.15, 0.2) is 5.72 Å². The highest BCUT2D eigenvalue weighted by Crippen LogP contribution is 2.49. The lowest BCUT2D eigenvalue weighted by atomic mass is 9.83. The molecule has 25 heteroatoms. The number of carbonyl (C=O) groups is 9. The second-order valence-electron chi connectivity index (χ2n) is 20.3. The second kappa shape index (κ2) is 26.5. The number of imide groups is 1. The van der Waals surface area contributed by atoms with Crippen LogP contribution in [0, 0.1) is 11.8 Å². The standard InChI is InChI=1S/C52H74ClN9O15/c1-28(2)43(46(67)57-33(16-14-21-56-48(54)69)45(66)55-20-11-12-22-62-39(63)18-19-40(62)64)58-49(70)60(7)31(5)47(68)76-38-26-41(65)61(8)34-24-32(25-35(73-9)42(34)53)23-29(3)15-13-17-37(74-10)52(72)27-36(75-50(71)59-52)30(4)44-51(38,6)77-44/h13,15,17-19,24-25,28,30-31,33,36-38,43-44,72H,11-12,14,16,20-23,26-27H2,1-10H3,(H,55,66)(H,57,67)(H,58,70)(H,59,71)(H3,54,56,69)/b17-13+,29-15+/t30?,31-,33-,36?,37?,38-,43-,44?,51?,52?/m0/s1. The van der Waals surface area contributed by atoms with Crippen LogP contribution in [0.25, 0.3) is 0 Å². The summed E-state index contributed by atoms with van der Waals surface area (Å²) in [5.74, 6) is -4.52. The number of rotatable bonds is 19. The molecule has 4 bridgehead atoms. The SMILES string of the molecule is COc1cc2cc(c1Cl)N(C)C(=O)C[C@H](OC(=O)[C@H](C)N(C)C(=O)N[C@H](C(=O)N[C@@H](CCCNC(N)=O)C(=O)NCCCCN1C(=O)C=CC1=O)C(C)C)C1(C)OC1C(C)C1CC(O)(NC(=O)O1)C(OC)/C=C/C=C(\C)C2. The van der Waals surface area contributed by atoms with Gasteiger partial charge in [0.25, 0.3) is 11.8 Å². The molecule has 0 spiro atoms. The van der Waals surface area contributed by atoms with Gasteiger partial charge in [-0.15, -0.1) is 0 Å². The van der Waals surface area contributed by atoms with Crippen LogP contribution in [0.2, 0.25) is 5.02 Å². The largest absolute Gasteiger partial charge is 0.495 e. The van der Waals surface area contributed by atoms with Crippen LogP contribution in [0.1, 0.15) is 85.6 Å². The average molecular weight is 1100 g/mol. The third-order valence-electron chi connectivity index (χ3n) is 14.3. The fraction of sp³-hybridized carbons (Fsp3) is 0.596. The van der Waals surface area contributed by atoms with Gasteiger partial charge < -0.3 is 65.6 Å². The lowest BCUT2D eigenvalue weighted by molar-refractivity contribution is -0.158. The van der Waals surface area contributed by atoms with E-state index in [4.69, 9.17) is 41.0 Å². The normalized spacial score (nSPS) is 26.7. The van der Waals surface area contributed by atoms with E-state index in [0.29, 0.717) is 30.7 Å². The first kappa shape index (κ1) is 61.1. The van der Waals surface area contributed by atoms with Gasteiger partial charge in [0.1, 0.15) is 52.8 Å². The molecule has 424 valence electrons. The fourth-order valence-electron chi connectivity index (χ4n) is 9.38. The molecule has 1 aromatic carbocycles. The molecule has 8 N–H and O–H groups in total. The molecule has 24 nitrogen and oxygen atoms in total. The van der Waals surface area contributed by atoms with Crippen molar-refractivity contribution in [2.75, 3.05) is 52.8 Å². The Morgan fingerprint density at radius 1 is 1.00 bits per heavy atom. The number of carbonyl (C=O) groups excluding carboxylic acids is 9. The number of amides is 10. The van der Waals surface area contributed by atoms with Crippen molar-refractivity contribution < 1.29 is 71.9 Å². The summed E-state index contributed by atoms with van der Waals surface area (Å²) in [6.07, 6.45) is 3.37. The maximum Gasteiger partial charge on any atom is 0.409 e. The molecule has 4 aliphatic heterocycles. The van der Waals surface area contributed by atoms with Crippen molar-refractivity contribution >= 4 is 70.9 Å². The van der Waals surface area contributed by atoms with E-state index in [9.17, 15) is 48.3 Å². The number of fused-ring (bicyclic) bond motifs is 5. The van der Waals surface area contributed by atoms with Gasteiger partial charge in [-0.2, -0.15) is 0 Å². The summed E-state index contributed by atoms with van der Waals surface area (Å²) in [6.45, 7) is 10.4. The minimum absolute atomic E-state index is 0.0611. The first-order valence-electron chi connectivity index (χ1n) is 25.5. The number of hydrogen-bond donors (Lipinski definition) is 7. The number of nitrogens with two attached hydrogens (primary N) is 1. The van der Waals surface area contributed by atoms with Gasteiger partial charge in [-0.3, -0.25) is 34.2 Å². The fourth-order valence-corrected chi connectivity index (χ4v) is 9.69. The third-order valence-corrected chi connectivity index (χ3v) is 14.7. The van der Waals surface area contributed by atoms with Crippen LogP contribution in [0.15, 0.2) is 48.1 Å². The van der Waals surface area contributed by atoms with E-state index >= 15 is 0 Å². The van der Waals surface area contributed by atoms with Crippen LogP contribution < -0.4 is 42.0 Å². The van der Waals surface area contributed by atoms with E-state index in [0.717, 1.165) is 20.9 Å². The lowest BCUT2D eigenvalue weighted by Crippen LogP contribution is -2.63. The number of methoxy groups -OCH3 is 2. The minimum Gasteiger partial charge on any atom is -0.495 e. The second-order valence-corrected chi connectivity index (χ2v) is 20.7. The molecule has 77 heavy (non-hydrogen) atoms. The molecular formula is C52H74ClN9O15. The van der Waals surface area contributed by atoms with Crippen molar-refractivity contribution in [2.45, 2.75) is 140 Å². The Morgan fingerprint density at radius 2 is 1.68 bits per heavy atom. The molecule has 2 fully saturated rings. The molecule has 1 aromatic rings. The number of esters is 1. The Balaban J connectivity index is 1.34. The predicted molar refractivity (Wildman–Crippen MR) is 280 cm³/mol. The number of urea groups is 2. The van der Waals surface area contributed by atoms with Gasteiger partial charge in [-0.25, -0.2) is 19.2 Å². The Morgan fingerprint density at radius 3 is 2.31 bits per heavy atom. The molecule has 6 unspecified atom stereocenters. The third kappa shape index (κ3) is 15.5. The molecule has 0 aromatic heterocycles. The number of halogens is 1. The topological polar surface area (TPSA) is 319 Å². The highest BCUT2D eigenvalue weighted by molar-refractivity contribution is 6.35. The Hall–Kier alpha value is -6.76. The molecule has 0 radical (unpaired) electrons. The number of nitrogens with one attached hydrogen (secondary N) is 5. The summed E-state index contributed by atoms with van der Waals surface area (Å²) in [5, 5.41) is 25.1. The van der Waals surface area contributed by atoms with Crippen molar-refractivity contribution in [1.82, 2.24) is 36.4 Å². The zero-order valence-electron chi connectivity index (χ0n) is 45.3. The maximum absolute atomic E-state index is 14.5. The number of benzene rings is 1. The number of alkyl carbamates (subject to hydrolysis) is 1. The first-order valence-corrected chi connectivity index (χ1v) is 25.9. The summed E-state index contributed by atoms with van der Waals surface area (Å²) in [5.41, 5.74) is 3.81. The number of nitrogens with zero attached hydrogens (tertiary/aromatic N) is 3. The van der Waals surface area contributed by atoms with Gasteiger partial charge in [-0.1, -0.05) is 56.2 Å². The quantitative estimate of drug-likeness (QED) is 0.0453. The van der Waals surface area contributed by atoms with Crippen LogP contribution >= 0.6 is 11.6 Å². The summed E-state index contributed by atoms with van der Waals surface area (Å²) >= 11 is 6.83. The van der Waals surface area contributed by atoms with Gasteiger partial charge in [0.2, 0.25) is 17.7 Å². The number of anilines is 1. The van der Waals surface area contributed by atoms with Crippen molar-refractivity contribution in [3.05, 3.63) is 58.7 Å². The number of hydrogen-bond acceptors (Lipinski definition) is 15. The number of likely N-dealkylation sites (N-methyl/N-ethyl adjacent to an activating group) is 1. The predicted octanol–water partition coefficient (Wildman–Crippen LogP) is 2.48. The van der Waals surface area contributed by atoms with Crippen LogP contribution in [0.3, 0.4) is 0 Å². The van der Waals surface area contributed by atoms with Crippen LogP contribution in [0.4, 0.5) is 20.1 Å². The van der Waals surface area contributed by atoms with Crippen molar-refractivity contribution in [3.8, 4) is 5.75 Å². The number of epoxide rings is 1. The monoisotopic (exact) mass is 1100 g/mol. The number of aliphatic hydroxyl groups is 1. The molecule has 0 aliphatic carbocycles. The van der Waals surface area contributed by atoms with Gasteiger partial charge in [0, 0.05) is 65.3 Å². The van der Waals surface area contributed by atoms with Gasteiger partial charge in [-0.05, 0) is 76.5 Å². The molecule has 10 atom stereocenters. The molecule has 10 amide bonds. The summed E-state index contributed by atoms with van der Waals surface area (Å²) < 4.78 is 29.4. The zero-order chi connectivity index (χ0) is 57.1. The van der Waals surface area contributed by atoms with E-state index < -0.39 is 126 Å². The van der Waals surface area contributed by atoms with Crippen molar-refractivity contribution in [2.24, 2.45) is 17.6 Å². The summed E-state index contributed by atoms with van der Waals surface area (Å²) in [6, 6.07) is -1.86. The maximum atomic E-state index is 14.5. The van der Waals surface area contributed by atoms with E-state index in [1.165, 1.54) is 52.3 Å². The van der Waals surface area contributed by atoms with E-state index in [-0.39, 0.29) is 43.9 Å². The van der Waals surface area contributed by atoms with Gasteiger partial charge in [0.05, 0.1) is 25.3 Å². The average Bonchev–Trinajstić information content (AvgIpc) is 3.97. The molecule has 4 heterocycles. The van der Waals surface area contributed by atoms with Crippen molar-refractivity contribution in [1.29, 1.82) is 0 Å². The number of allylic oxidation sites excluding steroid dienone is 3. The van der Waals surface area contributed by atoms with E-state index in [1.807, 2.05) is 13.0 Å². The van der Waals surface area contributed by atoms with Crippen LogP contribution in [-0.2, 0) is 54.1 Å². The minimum atomic E-state index is -1.92. The van der Waals surface area contributed by atoms with Crippen LogP contribution in [0.5, 0.6) is 5.75 Å². The van der Waals surface area contributed by atoms with E-state index in [2.05, 4.69) is 26.6 Å². The number of unbranched alkanes of at least 4 members (excludes halogenated alkanes) is 1. The molecule has 2 saturated heterocycles. The van der Waals surface area contributed by atoms with E-state index in [1.54, 1.807) is 52.0 Å². The van der Waals surface area contributed by atoms with Crippen LogP contribution in [-0.4, -0.2) is 170 Å². The highest BCUT2D eigenvalue weighted by Gasteiger charge is 2.64. The molecule has 5 rings (SSSR count). The number of ether oxygens (including phenoxy) is 5. The Bertz CT molecular complexity index is 2490. The smallest absolute Gasteiger partial charge is 0.409 e. The number of primary amides is 1. The first-order chi connectivity index (χ1) is 36.2. The summed E-state index contributed by atoms with van der Waals surface area (Å²) in [4.78, 5) is 122. The Labute approximate surface area is 453 Å².